The second kappa shape index (κ2) is 5.21. The van der Waals surface area contributed by atoms with Crippen molar-refractivity contribution in [3.8, 4) is 11.6 Å². The van der Waals surface area contributed by atoms with Gasteiger partial charge in [-0.15, -0.1) is 0 Å². The third kappa shape index (κ3) is 3.09. The minimum Gasteiger partial charge on any atom is -0.435 e. The summed E-state index contributed by atoms with van der Waals surface area (Å²) in [5.74, 6) is -0.347. The van der Waals surface area contributed by atoms with Gasteiger partial charge in [-0.2, -0.15) is 0 Å². The van der Waals surface area contributed by atoms with E-state index in [0.29, 0.717) is 15.2 Å². The average Bonchev–Trinajstić information content (AvgIpc) is 2.25. The Bertz CT molecular complexity index is 516. The largest absolute Gasteiger partial charge is 0.435 e. The van der Waals surface area contributed by atoms with E-state index in [1.54, 1.807) is 18.2 Å². The van der Waals surface area contributed by atoms with Crippen molar-refractivity contribution in [3.63, 3.8) is 0 Å². The Kier molecular flexibility index (Phi) is 3.86. The van der Waals surface area contributed by atoms with Crippen molar-refractivity contribution in [1.29, 1.82) is 0 Å². The van der Waals surface area contributed by atoms with Gasteiger partial charge in [0.15, 0.2) is 5.82 Å². The number of nitrogens with zero attached hydrogens (tertiary/aromatic N) is 1. The maximum absolute atomic E-state index is 13.4. The molecule has 0 spiro atoms. The van der Waals surface area contributed by atoms with Gasteiger partial charge in [0.1, 0.15) is 5.75 Å². The minimum atomic E-state index is -0.626. The fourth-order valence-corrected chi connectivity index (χ4v) is 2.05. The van der Waals surface area contributed by atoms with Gasteiger partial charge in [0, 0.05) is 11.2 Å². The van der Waals surface area contributed by atoms with E-state index in [2.05, 4.69) is 20.9 Å². The van der Waals surface area contributed by atoms with Gasteiger partial charge in [0.05, 0.1) is 9.50 Å². The number of ether oxygens (including phenoxy) is 1. The molecule has 2 nitrogen and oxygen atoms in total. The molecule has 0 saturated carbocycles. The molecule has 1 aromatic heterocycles. The topological polar surface area (TPSA) is 22.1 Å². The van der Waals surface area contributed by atoms with E-state index in [1.165, 1.54) is 6.20 Å². The Balaban J connectivity index is 2.31. The fraction of sp³-hybridized carbons (Fsp3) is 0. The van der Waals surface area contributed by atoms with Crippen molar-refractivity contribution in [3.05, 3.63) is 50.8 Å². The highest BCUT2D eigenvalue weighted by atomic mass is 79.9. The number of rotatable bonds is 2. The number of benzene rings is 1. The summed E-state index contributed by atoms with van der Waals surface area (Å²) in [6.07, 6.45) is 1.31. The van der Waals surface area contributed by atoms with Crippen LogP contribution in [0, 0.1) is 5.82 Å². The van der Waals surface area contributed by atoms with Gasteiger partial charge in [-0.3, -0.25) is 0 Å². The van der Waals surface area contributed by atoms with Crippen molar-refractivity contribution in [2.24, 2.45) is 0 Å². The van der Waals surface area contributed by atoms with Crippen molar-refractivity contribution in [1.82, 2.24) is 4.98 Å². The van der Waals surface area contributed by atoms with Crippen molar-refractivity contribution >= 4 is 39.1 Å². The van der Waals surface area contributed by atoms with Crippen LogP contribution in [0.3, 0.4) is 0 Å². The zero-order valence-corrected chi connectivity index (χ0v) is 11.4. The molecule has 2 rings (SSSR count). The van der Waals surface area contributed by atoms with E-state index in [4.69, 9.17) is 27.9 Å². The molecule has 6 heteroatoms. The molecule has 88 valence electrons. The normalized spacial score (nSPS) is 10.4. The summed E-state index contributed by atoms with van der Waals surface area (Å²) in [5, 5.41) is 0.763. The van der Waals surface area contributed by atoms with Crippen LogP contribution in [0.1, 0.15) is 0 Å². The number of pyridine rings is 1. The van der Waals surface area contributed by atoms with Gasteiger partial charge in [-0.1, -0.05) is 23.2 Å². The molecule has 0 aliphatic carbocycles. The van der Waals surface area contributed by atoms with Crippen LogP contribution in [0.25, 0.3) is 0 Å². The second-order valence-electron chi connectivity index (χ2n) is 3.12. The molecule has 1 aromatic carbocycles. The summed E-state index contributed by atoms with van der Waals surface area (Å²) in [5.41, 5.74) is 0. The molecule has 0 radical (unpaired) electrons. The van der Waals surface area contributed by atoms with Gasteiger partial charge in [0.25, 0.3) is 5.88 Å². The highest BCUT2D eigenvalue weighted by molar-refractivity contribution is 9.10. The molecule has 2 aromatic rings. The highest BCUT2D eigenvalue weighted by Crippen LogP contribution is 2.32. The zero-order chi connectivity index (χ0) is 12.4. The van der Waals surface area contributed by atoms with Crippen molar-refractivity contribution < 1.29 is 9.13 Å². The Morgan fingerprint density at radius 3 is 2.59 bits per heavy atom. The second-order valence-corrected chi connectivity index (χ2v) is 4.84. The quantitative estimate of drug-likeness (QED) is 0.762. The molecule has 0 bridgehead atoms. The molecule has 0 N–H and O–H groups in total. The maximum atomic E-state index is 13.4. The summed E-state index contributed by atoms with van der Waals surface area (Å²) in [4.78, 5) is 3.75. The number of hydrogen-bond acceptors (Lipinski definition) is 2. The molecule has 0 unspecified atom stereocenters. The first-order valence-electron chi connectivity index (χ1n) is 4.50. The molecule has 17 heavy (non-hydrogen) atoms. The standard InChI is InChI=1S/C11H5BrCl2FNO/c12-8-3-6(13)1-2-10(8)17-11-9(15)4-7(14)5-16-11/h1-5H. The summed E-state index contributed by atoms with van der Waals surface area (Å²) >= 11 is 14.6. The van der Waals surface area contributed by atoms with E-state index in [1.807, 2.05) is 0 Å². The van der Waals surface area contributed by atoms with Crippen LogP contribution in [0.5, 0.6) is 11.6 Å². The van der Waals surface area contributed by atoms with Gasteiger partial charge < -0.3 is 4.74 Å². The first-order valence-corrected chi connectivity index (χ1v) is 6.05. The molecule has 0 aliphatic rings. The fourth-order valence-electron chi connectivity index (χ4n) is 1.14. The van der Waals surface area contributed by atoms with Crippen LogP contribution in [0.2, 0.25) is 10.0 Å². The average molecular weight is 337 g/mol. The van der Waals surface area contributed by atoms with Crippen LogP contribution in [-0.2, 0) is 0 Å². The van der Waals surface area contributed by atoms with Gasteiger partial charge in [0.2, 0.25) is 0 Å². The van der Waals surface area contributed by atoms with Crippen LogP contribution in [0.15, 0.2) is 34.9 Å². The molecule has 1 heterocycles. The molecular weight excluding hydrogens is 332 g/mol. The first-order chi connectivity index (χ1) is 8.06. The molecule has 0 aliphatic heterocycles. The zero-order valence-electron chi connectivity index (χ0n) is 8.25. The molecular formula is C11H5BrCl2FNO. The Morgan fingerprint density at radius 1 is 1.18 bits per heavy atom. The smallest absolute Gasteiger partial charge is 0.256 e. The van der Waals surface area contributed by atoms with Gasteiger partial charge in [-0.25, -0.2) is 9.37 Å². The third-order valence-corrected chi connectivity index (χ3v) is 2.94. The van der Waals surface area contributed by atoms with E-state index >= 15 is 0 Å². The van der Waals surface area contributed by atoms with Crippen molar-refractivity contribution in [2.45, 2.75) is 0 Å². The monoisotopic (exact) mass is 335 g/mol. The third-order valence-electron chi connectivity index (χ3n) is 1.87. The van der Waals surface area contributed by atoms with Gasteiger partial charge >= 0.3 is 0 Å². The Labute approximate surface area is 115 Å². The minimum absolute atomic E-state index is 0.141. The Morgan fingerprint density at radius 2 is 1.94 bits per heavy atom. The lowest BCUT2D eigenvalue weighted by atomic mass is 10.3. The van der Waals surface area contributed by atoms with Gasteiger partial charge in [-0.05, 0) is 40.2 Å². The van der Waals surface area contributed by atoms with Crippen molar-refractivity contribution in [2.75, 3.05) is 0 Å². The number of aromatic nitrogens is 1. The lowest BCUT2D eigenvalue weighted by Crippen LogP contribution is -1.92. The highest BCUT2D eigenvalue weighted by Gasteiger charge is 2.09. The van der Waals surface area contributed by atoms with E-state index < -0.39 is 5.82 Å². The first kappa shape index (κ1) is 12.6. The molecule has 0 atom stereocenters. The predicted octanol–water partition coefficient (Wildman–Crippen LogP) is 5.08. The predicted molar refractivity (Wildman–Crippen MR) is 68.4 cm³/mol. The summed E-state index contributed by atoms with van der Waals surface area (Å²) in [6, 6.07) is 6.02. The maximum Gasteiger partial charge on any atom is 0.256 e. The lowest BCUT2D eigenvalue weighted by molar-refractivity contribution is 0.420. The SMILES string of the molecule is Fc1cc(Cl)cnc1Oc1ccc(Cl)cc1Br. The van der Waals surface area contributed by atoms with E-state index in [9.17, 15) is 4.39 Å². The number of halogens is 4. The van der Waals surface area contributed by atoms with E-state index in [-0.39, 0.29) is 10.9 Å². The van der Waals surface area contributed by atoms with E-state index in [0.717, 1.165) is 6.07 Å². The number of hydrogen-bond donors (Lipinski definition) is 0. The summed E-state index contributed by atoms with van der Waals surface area (Å²) in [6.45, 7) is 0. The lowest BCUT2D eigenvalue weighted by Gasteiger charge is -2.07. The van der Waals surface area contributed by atoms with Crippen LogP contribution in [0.4, 0.5) is 4.39 Å². The Hall–Kier alpha value is -0.840. The molecule has 0 fully saturated rings. The summed E-state index contributed by atoms with van der Waals surface area (Å²) in [7, 11) is 0. The van der Waals surface area contributed by atoms with Crippen LogP contribution < -0.4 is 4.74 Å². The summed E-state index contributed by atoms with van der Waals surface area (Å²) < 4.78 is 19.3. The van der Waals surface area contributed by atoms with Crippen LogP contribution >= 0.6 is 39.1 Å². The van der Waals surface area contributed by atoms with Crippen LogP contribution in [-0.4, -0.2) is 4.98 Å². The molecule has 0 saturated heterocycles. The molecule has 0 amide bonds.